The lowest BCUT2D eigenvalue weighted by Gasteiger charge is -2.36. The first-order valence-corrected chi connectivity index (χ1v) is 6.60. The first-order chi connectivity index (χ1) is 7.54. The molecule has 1 heterocycles. The highest BCUT2D eigenvalue weighted by atomic mass is 15.2. The maximum Gasteiger partial charge on any atom is 0.0165 e. The van der Waals surface area contributed by atoms with Gasteiger partial charge in [-0.2, -0.15) is 0 Å². The highest BCUT2D eigenvalue weighted by Crippen LogP contribution is 2.20. The van der Waals surface area contributed by atoms with Gasteiger partial charge in [-0.15, -0.1) is 6.58 Å². The minimum atomic E-state index is 0.265. The molecule has 0 bridgehead atoms. The molecule has 2 nitrogen and oxygen atoms in total. The Morgan fingerprint density at radius 1 is 1.31 bits per heavy atom. The molecule has 1 aliphatic rings. The van der Waals surface area contributed by atoms with Gasteiger partial charge in [0.2, 0.25) is 0 Å². The molecule has 0 spiro atoms. The SMILES string of the molecule is C=CCN(CCC1CCNCC1)C(C)(C)C. The van der Waals surface area contributed by atoms with Crippen molar-refractivity contribution in [3.63, 3.8) is 0 Å². The largest absolute Gasteiger partial charge is 0.317 e. The average Bonchev–Trinajstić information content (AvgIpc) is 2.24. The Balaban J connectivity index is 2.33. The normalized spacial score (nSPS) is 19.0. The van der Waals surface area contributed by atoms with Crippen molar-refractivity contribution in [3.8, 4) is 0 Å². The number of nitrogens with zero attached hydrogens (tertiary/aromatic N) is 1. The van der Waals surface area contributed by atoms with E-state index in [1.54, 1.807) is 0 Å². The molecule has 0 aromatic rings. The first-order valence-electron chi connectivity index (χ1n) is 6.60. The quantitative estimate of drug-likeness (QED) is 0.722. The van der Waals surface area contributed by atoms with Crippen LogP contribution >= 0.6 is 0 Å². The molecule has 1 rings (SSSR count). The first kappa shape index (κ1) is 13.7. The molecule has 0 aliphatic carbocycles. The highest BCUT2D eigenvalue weighted by Gasteiger charge is 2.21. The number of nitrogens with one attached hydrogen (secondary N) is 1. The molecule has 0 radical (unpaired) electrons. The molecule has 1 fully saturated rings. The molecule has 94 valence electrons. The lowest BCUT2D eigenvalue weighted by molar-refractivity contribution is 0.139. The monoisotopic (exact) mass is 224 g/mol. The fourth-order valence-corrected chi connectivity index (χ4v) is 2.37. The van der Waals surface area contributed by atoms with E-state index >= 15 is 0 Å². The van der Waals surface area contributed by atoms with Gasteiger partial charge in [0, 0.05) is 12.1 Å². The van der Waals surface area contributed by atoms with Crippen molar-refractivity contribution in [1.82, 2.24) is 10.2 Å². The molecule has 0 saturated carbocycles. The Labute approximate surface area is 101 Å². The van der Waals surface area contributed by atoms with Gasteiger partial charge >= 0.3 is 0 Å². The van der Waals surface area contributed by atoms with Crippen molar-refractivity contribution in [2.24, 2.45) is 5.92 Å². The van der Waals surface area contributed by atoms with E-state index in [1.165, 1.54) is 38.9 Å². The van der Waals surface area contributed by atoms with Gasteiger partial charge in [0.15, 0.2) is 0 Å². The van der Waals surface area contributed by atoms with Crippen LogP contribution in [-0.4, -0.2) is 36.6 Å². The van der Waals surface area contributed by atoms with Crippen molar-refractivity contribution >= 4 is 0 Å². The van der Waals surface area contributed by atoms with Crippen molar-refractivity contribution in [2.45, 2.75) is 45.6 Å². The highest BCUT2D eigenvalue weighted by molar-refractivity contribution is 4.83. The molecule has 1 N–H and O–H groups in total. The lowest BCUT2D eigenvalue weighted by atomic mass is 9.93. The summed E-state index contributed by atoms with van der Waals surface area (Å²) < 4.78 is 0. The van der Waals surface area contributed by atoms with Crippen LogP contribution in [0.2, 0.25) is 0 Å². The molecule has 16 heavy (non-hydrogen) atoms. The van der Waals surface area contributed by atoms with E-state index in [4.69, 9.17) is 0 Å². The van der Waals surface area contributed by atoms with Crippen LogP contribution in [0, 0.1) is 5.92 Å². The standard InChI is InChI=1S/C14H28N2/c1-5-11-16(14(2,3)4)12-8-13-6-9-15-10-7-13/h5,13,15H,1,6-12H2,2-4H3. The lowest BCUT2D eigenvalue weighted by Crippen LogP contribution is -2.43. The van der Waals surface area contributed by atoms with Crippen molar-refractivity contribution < 1.29 is 0 Å². The molecule has 0 aromatic heterocycles. The Kier molecular flexibility index (Phi) is 5.50. The van der Waals surface area contributed by atoms with Gasteiger partial charge in [-0.3, -0.25) is 4.90 Å². The van der Waals surface area contributed by atoms with E-state index in [-0.39, 0.29) is 5.54 Å². The summed E-state index contributed by atoms with van der Waals surface area (Å²) in [6, 6.07) is 0. The zero-order valence-corrected chi connectivity index (χ0v) is 11.3. The smallest absolute Gasteiger partial charge is 0.0165 e. The maximum atomic E-state index is 3.86. The van der Waals surface area contributed by atoms with Crippen LogP contribution < -0.4 is 5.32 Å². The second-order valence-electron chi connectivity index (χ2n) is 5.89. The molecule has 2 heteroatoms. The fraction of sp³-hybridized carbons (Fsp3) is 0.857. The Hall–Kier alpha value is -0.340. The molecule has 0 atom stereocenters. The van der Waals surface area contributed by atoms with Gasteiger partial charge in [-0.1, -0.05) is 6.08 Å². The van der Waals surface area contributed by atoms with Gasteiger partial charge in [-0.25, -0.2) is 0 Å². The number of rotatable bonds is 5. The molecule has 1 saturated heterocycles. The number of piperidine rings is 1. The van der Waals surface area contributed by atoms with Crippen LogP contribution in [0.1, 0.15) is 40.0 Å². The second-order valence-corrected chi connectivity index (χ2v) is 5.89. The summed E-state index contributed by atoms with van der Waals surface area (Å²) in [5.74, 6) is 0.927. The van der Waals surface area contributed by atoms with Gasteiger partial charge < -0.3 is 5.32 Å². The van der Waals surface area contributed by atoms with E-state index in [9.17, 15) is 0 Å². The van der Waals surface area contributed by atoms with Crippen LogP contribution in [0.15, 0.2) is 12.7 Å². The third kappa shape index (κ3) is 4.67. The second kappa shape index (κ2) is 6.41. The molecule has 0 aromatic carbocycles. The van der Waals surface area contributed by atoms with Crippen LogP contribution in [0.4, 0.5) is 0 Å². The van der Waals surface area contributed by atoms with Crippen molar-refractivity contribution in [3.05, 3.63) is 12.7 Å². The zero-order chi connectivity index (χ0) is 12.0. The summed E-state index contributed by atoms with van der Waals surface area (Å²) in [4.78, 5) is 2.53. The predicted octanol–water partition coefficient (Wildman–Crippen LogP) is 2.66. The molecular weight excluding hydrogens is 196 g/mol. The van der Waals surface area contributed by atoms with E-state index in [1.807, 2.05) is 6.08 Å². The average molecular weight is 224 g/mol. The van der Waals surface area contributed by atoms with Gasteiger partial charge in [0.1, 0.15) is 0 Å². The van der Waals surface area contributed by atoms with E-state index in [2.05, 4.69) is 37.6 Å². The summed E-state index contributed by atoms with van der Waals surface area (Å²) in [5, 5.41) is 3.43. The summed E-state index contributed by atoms with van der Waals surface area (Å²) in [6.07, 6.45) is 6.07. The summed E-state index contributed by atoms with van der Waals surface area (Å²) in [6.45, 7) is 15.4. The Bertz CT molecular complexity index is 199. The molecule has 0 unspecified atom stereocenters. The summed E-state index contributed by atoms with van der Waals surface area (Å²) in [5.41, 5.74) is 0.265. The van der Waals surface area contributed by atoms with Crippen LogP contribution in [0.3, 0.4) is 0 Å². The minimum Gasteiger partial charge on any atom is -0.317 e. The Morgan fingerprint density at radius 2 is 1.94 bits per heavy atom. The zero-order valence-electron chi connectivity index (χ0n) is 11.3. The molecule has 0 amide bonds. The van der Waals surface area contributed by atoms with Gasteiger partial charge in [0.25, 0.3) is 0 Å². The summed E-state index contributed by atoms with van der Waals surface area (Å²) >= 11 is 0. The van der Waals surface area contributed by atoms with Crippen molar-refractivity contribution in [2.75, 3.05) is 26.2 Å². The van der Waals surface area contributed by atoms with E-state index in [0.717, 1.165) is 12.5 Å². The Morgan fingerprint density at radius 3 is 2.44 bits per heavy atom. The van der Waals surface area contributed by atoms with Gasteiger partial charge in [-0.05, 0) is 65.6 Å². The summed E-state index contributed by atoms with van der Waals surface area (Å²) in [7, 11) is 0. The van der Waals surface area contributed by atoms with Crippen LogP contribution in [0.25, 0.3) is 0 Å². The number of hydrogen-bond donors (Lipinski definition) is 1. The van der Waals surface area contributed by atoms with Crippen LogP contribution in [-0.2, 0) is 0 Å². The van der Waals surface area contributed by atoms with E-state index < -0.39 is 0 Å². The fourth-order valence-electron chi connectivity index (χ4n) is 2.37. The molecule has 1 aliphatic heterocycles. The van der Waals surface area contributed by atoms with Crippen molar-refractivity contribution in [1.29, 1.82) is 0 Å². The number of hydrogen-bond acceptors (Lipinski definition) is 2. The molecular formula is C14H28N2. The third-order valence-electron chi connectivity index (χ3n) is 3.56. The maximum absolute atomic E-state index is 3.86. The minimum absolute atomic E-state index is 0.265. The van der Waals surface area contributed by atoms with Gasteiger partial charge in [0.05, 0.1) is 0 Å². The van der Waals surface area contributed by atoms with Crippen LogP contribution in [0.5, 0.6) is 0 Å². The van der Waals surface area contributed by atoms with E-state index in [0.29, 0.717) is 0 Å². The third-order valence-corrected chi connectivity index (χ3v) is 3.56. The predicted molar refractivity (Wildman–Crippen MR) is 71.7 cm³/mol. The topological polar surface area (TPSA) is 15.3 Å².